The summed E-state index contributed by atoms with van der Waals surface area (Å²) in [7, 11) is 0. The highest BCUT2D eigenvalue weighted by atomic mass is 16.5. The van der Waals surface area contributed by atoms with Gasteiger partial charge in [-0.1, -0.05) is 18.2 Å². The van der Waals surface area contributed by atoms with Gasteiger partial charge in [0.2, 0.25) is 11.8 Å². The van der Waals surface area contributed by atoms with Crippen molar-refractivity contribution in [1.29, 1.82) is 0 Å². The Kier molecular flexibility index (Phi) is 4.57. The molecule has 3 saturated heterocycles. The molecular weight excluding hydrogens is 368 g/mol. The van der Waals surface area contributed by atoms with Crippen molar-refractivity contribution in [1.82, 2.24) is 9.80 Å². The second-order valence-corrected chi connectivity index (χ2v) is 9.36. The van der Waals surface area contributed by atoms with Gasteiger partial charge >= 0.3 is 0 Å². The molecule has 4 atom stereocenters. The Hall–Kier alpha value is -2.08. The summed E-state index contributed by atoms with van der Waals surface area (Å²) in [5, 5.41) is 0. The van der Waals surface area contributed by atoms with Gasteiger partial charge in [0.15, 0.2) is 0 Å². The van der Waals surface area contributed by atoms with Gasteiger partial charge in [-0.25, -0.2) is 0 Å². The molecule has 0 bridgehead atoms. The van der Waals surface area contributed by atoms with Crippen LogP contribution in [0.3, 0.4) is 0 Å². The fourth-order valence-corrected chi connectivity index (χ4v) is 5.66. The zero-order valence-corrected chi connectivity index (χ0v) is 17.3. The number of likely N-dealkylation sites (tertiary alicyclic amines) is 2. The number of carbonyl (C=O) groups is 2. The van der Waals surface area contributed by atoms with E-state index < -0.39 is 0 Å². The van der Waals surface area contributed by atoms with Crippen molar-refractivity contribution in [2.45, 2.75) is 69.8 Å². The van der Waals surface area contributed by atoms with Gasteiger partial charge in [0.1, 0.15) is 11.4 Å². The number of nitrogens with zero attached hydrogens (tertiary/aromatic N) is 2. The number of hydrogen-bond donors (Lipinski definition) is 0. The standard InChI is InChI=1S/C23H30N2O4/c1-23(2)16-14-17-19(28-22(16)15-6-3-4-7-18(15)29-23)9-13-25(17)21(27)10-12-24-11-5-8-20(24)26/h3-4,6-7,16-17,19,22H,5,8-14H2,1-2H3/t16-,17-,19-,22+/m1/s1. The molecule has 4 aliphatic heterocycles. The molecule has 29 heavy (non-hydrogen) atoms. The normalized spacial score (nSPS) is 32.4. The molecule has 2 amide bonds. The number of fused-ring (bicyclic) bond motifs is 4. The third-order valence-corrected chi connectivity index (χ3v) is 7.25. The maximum absolute atomic E-state index is 13.0. The molecule has 0 unspecified atom stereocenters. The smallest absolute Gasteiger partial charge is 0.224 e. The van der Waals surface area contributed by atoms with E-state index in [0.29, 0.717) is 19.4 Å². The van der Waals surface area contributed by atoms with Crippen molar-refractivity contribution in [2.24, 2.45) is 5.92 Å². The molecule has 0 radical (unpaired) electrons. The minimum atomic E-state index is -0.344. The molecule has 0 spiro atoms. The van der Waals surface area contributed by atoms with Crippen LogP contribution in [0.1, 0.15) is 57.6 Å². The van der Waals surface area contributed by atoms with Crippen LogP contribution in [-0.4, -0.2) is 59.0 Å². The highest BCUT2D eigenvalue weighted by Crippen LogP contribution is 2.52. The zero-order valence-electron chi connectivity index (χ0n) is 17.3. The van der Waals surface area contributed by atoms with Crippen molar-refractivity contribution in [2.75, 3.05) is 19.6 Å². The molecule has 4 heterocycles. The second-order valence-electron chi connectivity index (χ2n) is 9.36. The van der Waals surface area contributed by atoms with Crippen LogP contribution in [0.2, 0.25) is 0 Å². The van der Waals surface area contributed by atoms with E-state index in [1.54, 1.807) is 0 Å². The van der Waals surface area contributed by atoms with Crippen LogP contribution in [0, 0.1) is 5.92 Å². The highest BCUT2D eigenvalue weighted by Gasteiger charge is 2.53. The number of amides is 2. The van der Waals surface area contributed by atoms with Crippen LogP contribution < -0.4 is 4.74 Å². The molecule has 156 valence electrons. The quantitative estimate of drug-likeness (QED) is 0.786. The first kappa shape index (κ1) is 18.9. The Balaban J connectivity index is 1.31. The summed E-state index contributed by atoms with van der Waals surface area (Å²) >= 11 is 0. The van der Waals surface area contributed by atoms with E-state index in [2.05, 4.69) is 19.9 Å². The summed E-state index contributed by atoms with van der Waals surface area (Å²) in [4.78, 5) is 28.7. The van der Waals surface area contributed by atoms with E-state index in [4.69, 9.17) is 9.47 Å². The Morgan fingerprint density at radius 1 is 1.24 bits per heavy atom. The summed E-state index contributed by atoms with van der Waals surface area (Å²) in [6.07, 6.45) is 3.82. The molecular formula is C23H30N2O4. The highest BCUT2D eigenvalue weighted by molar-refractivity contribution is 5.80. The van der Waals surface area contributed by atoms with Crippen molar-refractivity contribution in [3.63, 3.8) is 0 Å². The van der Waals surface area contributed by atoms with Crippen LogP contribution in [0.4, 0.5) is 0 Å². The Morgan fingerprint density at radius 3 is 2.86 bits per heavy atom. The summed E-state index contributed by atoms with van der Waals surface area (Å²) in [6, 6.07) is 8.27. The van der Waals surface area contributed by atoms with E-state index in [9.17, 15) is 9.59 Å². The van der Waals surface area contributed by atoms with Crippen molar-refractivity contribution in [3.8, 4) is 5.75 Å². The maximum Gasteiger partial charge on any atom is 0.224 e. The van der Waals surface area contributed by atoms with Gasteiger partial charge in [0.25, 0.3) is 0 Å². The van der Waals surface area contributed by atoms with E-state index in [1.807, 2.05) is 28.0 Å². The molecule has 5 rings (SSSR count). The van der Waals surface area contributed by atoms with Crippen LogP contribution in [0.5, 0.6) is 5.75 Å². The van der Waals surface area contributed by atoms with Crippen LogP contribution >= 0.6 is 0 Å². The van der Waals surface area contributed by atoms with Gasteiger partial charge in [0.05, 0.1) is 18.2 Å². The van der Waals surface area contributed by atoms with E-state index in [1.165, 1.54) is 0 Å². The number of rotatable bonds is 3. The summed E-state index contributed by atoms with van der Waals surface area (Å²) < 4.78 is 12.9. The monoisotopic (exact) mass is 398 g/mol. The molecule has 6 nitrogen and oxygen atoms in total. The van der Waals surface area contributed by atoms with Crippen LogP contribution in [-0.2, 0) is 14.3 Å². The average molecular weight is 399 g/mol. The third kappa shape index (κ3) is 3.21. The van der Waals surface area contributed by atoms with Crippen molar-refractivity contribution in [3.05, 3.63) is 29.8 Å². The first-order valence-corrected chi connectivity index (χ1v) is 10.9. The predicted octanol–water partition coefficient (Wildman–Crippen LogP) is 2.92. The van der Waals surface area contributed by atoms with E-state index >= 15 is 0 Å². The van der Waals surface area contributed by atoms with Gasteiger partial charge in [-0.2, -0.15) is 0 Å². The Labute approximate surface area is 172 Å². The Morgan fingerprint density at radius 2 is 2.07 bits per heavy atom. The molecule has 4 aliphatic rings. The van der Waals surface area contributed by atoms with E-state index in [0.717, 1.165) is 43.7 Å². The van der Waals surface area contributed by atoms with Gasteiger partial charge in [0, 0.05) is 44.0 Å². The number of ether oxygens (including phenoxy) is 2. The lowest BCUT2D eigenvalue weighted by Crippen LogP contribution is -2.54. The Bertz CT molecular complexity index is 823. The molecule has 6 heteroatoms. The van der Waals surface area contributed by atoms with Gasteiger partial charge in [-0.05, 0) is 39.2 Å². The fourth-order valence-electron chi connectivity index (χ4n) is 5.66. The molecule has 0 N–H and O–H groups in total. The zero-order chi connectivity index (χ0) is 20.2. The van der Waals surface area contributed by atoms with Crippen LogP contribution in [0.25, 0.3) is 0 Å². The fraction of sp³-hybridized carbons (Fsp3) is 0.652. The summed E-state index contributed by atoms with van der Waals surface area (Å²) in [5.41, 5.74) is 0.788. The maximum atomic E-state index is 13.0. The molecule has 3 fully saturated rings. The molecule has 1 aromatic carbocycles. The van der Waals surface area contributed by atoms with Gasteiger partial charge in [-0.15, -0.1) is 0 Å². The van der Waals surface area contributed by atoms with Gasteiger partial charge in [-0.3, -0.25) is 9.59 Å². The average Bonchev–Trinajstić information content (AvgIpc) is 3.30. The lowest BCUT2D eigenvalue weighted by atomic mass is 9.74. The second kappa shape index (κ2) is 7.01. The minimum absolute atomic E-state index is 0.0217. The first-order valence-electron chi connectivity index (χ1n) is 10.9. The number of carbonyl (C=O) groups excluding carboxylic acids is 2. The summed E-state index contributed by atoms with van der Waals surface area (Å²) in [6.45, 7) is 6.33. The van der Waals surface area contributed by atoms with Crippen LogP contribution in [0.15, 0.2) is 24.3 Å². The lowest BCUT2D eigenvalue weighted by Gasteiger charge is -2.50. The van der Waals surface area contributed by atoms with Gasteiger partial charge < -0.3 is 19.3 Å². The topological polar surface area (TPSA) is 59.1 Å². The predicted molar refractivity (Wildman–Crippen MR) is 107 cm³/mol. The van der Waals surface area contributed by atoms with E-state index in [-0.39, 0.29) is 41.6 Å². The number of benzene rings is 1. The lowest BCUT2D eigenvalue weighted by molar-refractivity contribution is -0.167. The molecule has 0 aliphatic carbocycles. The third-order valence-electron chi connectivity index (χ3n) is 7.25. The molecule has 0 aromatic heterocycles. The first-order chi connectivity index (χ1) is 13.9. The van der Waals surface area contributed by atoms with Crippen molar-refractivity contribution >= 4 is 11.8 Å². The van der Waals surface area contributed by atoms with Crippen molar-refractivity contribution < 1.29 is 19.1 Å². The molecule has 1 aromatic rings. The SMILES string of the molecule is CC1(C)Oc2ccccc2[C@@H]2O[C@@H]3CCN(C(=O)CCN4CCCC4=O)[C@@H]3C[C@H]21. The number of para-hydroxylation sites is 1. The minimum Gasteiger partial charge on any atom is -0.487 e. The number of hydrogen-bond acceptors (Lipinski definition) is 4. The summed E-state index contributed by atoms with van der Waals surface area (Å²) in [5.74, 6) is 1.44. The molecule has 0 saturated carbocycles. The largest absolute Gasteiger partial charge is 0.487 e.